The van der Waals surface area contributed by atoms with Crippen LogP contribution in [0.2, 0.25) is 0 Å². The lowest BCUT2D eigenvalue weighted by Gasteiger charge is -2.00. The number of ether oxygens (including phenoxy) is 1. The van der Waals surface area contributed by atoms with E-state index in [2.05, 4.69) is 20.0 Å². The predicted molar refractivity (Wildman–Crippen MR) is 87.6 cm³/mol. The molecule has 2 aromatic heterocycles. The van der Waals surface area contributed by atoms with Gasteiger partial charge in [-0.25, -0.2) is 9.78 Å². The van der Waals surface area contributed by atoms with Crippen molar-refractivity contribution in [2.45, 2.75) is 0 Å². The number of nitrogens with zero attached hydrogens (tertiary/aromatic N) is 1. The predicted octanol–water partition coefficient (Wildman–Crippen LogP) is 3.18. The van der Waals surface area contributed by atoms with Gasteiger partial charge in [0.15, 0.2) is 5.13 Å². The van der Waals surface area contributed by atoms with Gasteiger partial charge in [-0.1, -0.05) is 18.2 Å². The Morgan fingerprint density at radius 1 is 1.26 bits per heavy atom. The van der Waals surface area contributed by atoms with E-state index in [0.29, 0.717) is 22.1 Å². The van der Waals surface area contributed by atoms with Crippen LogP contribution in [0.5, 0.6) is 0 Å². The number of hydrogen-bond acceptors (Lipinski definition) is 5. The number of nitrogens with one attached hydrogen (secondary N) is 2. The number of amides is 1. The van der Waals surface area contributed by atoms with Crippen LogP contribution in [0.15, 0.2) is 48.0 Å². The Hall–Kier alpha value is -2.93. The van der Waals surface area contributed by atoms with Gasteiger partial charge in [0.1, 0.15) is 5.69 Å². The normalized spacial score (nSPS) is 10.3. The van der Waals surface area contributed by atoms with Crippen molar-refractivity contribution < 1.29 is 14.3 Å². The SMILES string of the molecule is COC(=O)c1cc(-c2csc(NC(=O)c3ccccc3)n2)c[nH]1. The highest BCUT2D eigenvalue weighted by molar-refractivity contribution is 7.14. The van der Waals surface area contributed by atoms with Crippen LogP contribution in [-0.4, -0.2) is 29.0 Å². The van der Waals surface area contributed by atoms with Crippen LogP contribution in [0.4, 0.5) is 5.13 Å². The van der Waals surface area contributed by atoms with Crippen LogP contribution in [0, 0.1) is 0 Å². The van der Waals surface area contributed by atoms with Gasteiger partial charge >= 0.3 is 5.97 Å². The minimum Gasteiger partial charge on any atom is -0.464 e. The molecule has 0 saturated heterocycles. The molecule has 2 N–H and O–H groups in total. The number of thiazole rings is 1. The molecule has 0 fully saturated rings. The third-order valence-electron chi connectivity index (χ3n) is 3.14. The third kappa shape index (κ3) is 3.29. The Labute approximate surface area is 136 Å². The van der Waals surface area contributed by atoms with Gasteiger partial charge in [0, 0.05) is 22.7 Å². The zero-order valence-corrected chi connectivity index (χ0v) is 13.0. The number of hydrogen-bond donors (Lipinski definition) is 2. The second kappa shape index (κ2) is 6.45. The molecule has 23 heavy (non-hydrogen) atoms. The first-order chi connectivity index (χ1) is 11.2. The topological polar surface area (TPSA) is 84.1 Å². The fraction of sp³-hybridized carbons (Fsp3) is 0.0625. The molecule has 0 aliphatic heterocycles. The zero-order chi connectivity index (χ0) is 16.2. The second-order valence-corrected chi connectivity index (χ2v) is 5.51. The number of aromatic amines is 1. The van der Waals surface area contributed by atoms with E-state index >= 15 is 0 Å². The lowest BCUT2D eigenvalue weighted by Crippen LogP contribution is -2.11. The molecule has 0 atom stereocenters. The van der Waals surface area contributed by atoms with Gasteiger partial charge in [0.25, 0.3) is 5.91 Å². The number of carbonyl (C=O) groups is 2. The highest BCUT2D eigenvalue weighted by Crippen LogP contribution is 2.26. The van der Waals surface area contributed by atoms with Crippen LogP contribution >= 0.6 is 11.3 Å². The van der Waals surface area contributed by atoms with E-state index in [9.17, 15) is 9.59 Å². The van der Waals surface area contributed by atoms with Crippen LogP contribution in [0.3, 0.4) is 0 Å². The van der Waals surface area contributed by atoms with Gasteiger partial charge in [0.2, 0.25) is 0 Å². The number of carbonyl (C=O) groups excluding carboxylic acids is 2. The van der Waals surface area contributed by atoms with Crippen molar-refractivity contribution >= 4 is 28.3 Å². The highest BCUT2D eigenvalue weighted by Gasteiger charge is 2.13. The van der Waals surface area contributed by atoms with Gasteiger partial charge in [-0.3, -0.25) is 10.1 Å². The van der Waals surface area contributed by atoms with Crippen molar-refractivity contribution in [1.82, 2.24) is 9.97 Å². The first-order valence-corrected chi connectivity index (χ1v) is 7.64. The molecule has 6 nitrogen and oxygen atoms in total. The Morgan fingerprint density at radius 3 is 2.78 bits per heavy atom. The molecule has 0 bridgehead atoms. The summed E-state index contributed by atoms with van der Waals surface area (Å²) in [6.45, 7) is 0. The quantitative estimate of drug-likeness (QED) is 0.721. The fourth-order valence-corrected chi connectivity index (χ4v) is 2.71. The Kier molecular flexibility index (Phi) is 4.20. The van der Waals surface area contributed by atoms with Crippen LogP contribution in [0.25, 0.3) is 11.3 Å². The Balaban J connectivity index is 1.74. The summed E-state index contributed by atoms with van der Waals surface area (Å²) in [6, 6.07) is 10.6. The molecule has 3 rings (SSSR count). The number of esters is 1. The summed E-state index contributed by atoms with van der Waals surface area (Å²) in [4.78, 5) is 30.7. The summed E-state index contributed by atoms with van der Waals surface area (Å²) in [5.74, 6) is -0.653. The molecule has 2 heterocycles. The number of methoxy groups -OCH3 is 1. The number of rotatable bonds is 4. The maximum atomic E-state index is 12.1. The van der Waals surface area contributed by atoms with Crippen molar-refractivity contribution in [3.05, 3.63) is 59.2 Å². The third-order valence-corrected chi connectivity index (χ3v) is 3.90. The summed E-state index contributed by atoms with van der Waals surface area (Å²) in [5, 5.41) is 5.06. The van der Waals surface area contributed by atoms with Crippen molar-refractivity contribution in [2.24, 2.45) is 0 Å². The molecule has 1 aromatic carbocycles. The summed E-state index contributed by atoms with van der Waals surface area (Å²) < 4.78 is 4.65. The molecule has 0 spiro atoms. The average Bonchev–Trinajstić information content (AvgIpc) is 3.24. The Morgan fingerprint density at radius 2 is 2.04 bits per heavy atom. The van der Waals surface area contributed by atoms with Crippen LogP contribution in [0.1, 0.15) is 20.8 Å². The highest BCUT2D eigenvalue weighted by atomic mass is 32.1. The van der Waals surface area contributed by atoms with Gasteiger partial charge < -0.3 is 9.72 Å². The molecule has 116 valence electrons. The van der Waals surface area contributed by atoms with Gasteiger partial charge in [-0.15, -0.1) is 11.3 Å². The molecular weight excluding hydrogens is 314 g/mol. The van der Waals surface area contributed by atoms with E-state index in [0.717, 1.165) is 5.56 Å². The molecule has 0 unspecified atom stereocenters. The standard InChI is InChI=1S/C16H13N3O3S/c1-22-15(21)12-7-11(8-17-12)13-9-23-16(18-13)19-14(20)10-5-3-2-4-6-10/h2-9,17H,1H3,(H,18,19,20). The minimum atomic E-state index is -0.441. The second-order valence-electron chi connectivity index (χ2n) is 4.65. The molecule has 0 aliphatic carbocycles. The van der Waals surface area contributed by atoms with Crippen LogP contribution in [-0.2, 0) is 4.74 Å². The first-order valence-electron chi connectivity index (χ1n) is 6.76. The van der Waals surface area contributed by atoms with Gasteiger partial charge in [-0.05, 0) is 18.2 Å². The Bertz CT molecular complexity index is 839. The van der Waals surface area contributed by atoms with Gasteiger partial charge in [0.05, 0.1) is 12.8 Å². The number of H-pyrrole nitrogens is 1. The fourth-order valence-electron chi connectivity index (χ4n) is 1.99. The number of anilines is 1. The van der Waals surface area contributed by atoms with E-state index in [1.807, 2.05) is 11.4 Å². The number of benzene rings is 1. The molecule has 1 amide bonds. The van der Waals surface area contributed by atoms with Crippen molar-refractivity contribution in [3.63, 3.8) is 0 Å². The van der Waals surface area contributed by atoms with E-state index < -0.39 is 5.97 Å². The largest absolute Gasteiger partial charge is 0.464 e. The minimum absolute atomic E-state index is 0.212. The van der Waals surface area contributed by atoms with Gasteiger partial charge in [-0.2, -0.15) is 0 Å². The molecule has 0 radical (unpaired) electrons. The van der Waals surface area contributed by atoms with Crippen LogP contribution < -0.4 is 5.32 Å². The number of aromatic nitrogens is 2. The molecule has 0 saturated carbocycles. The zero-order valence-electron chi connectivity index (χ0n) is 12.2. The van der Waals surface area contributed by atoms with Crippen molar-refractivity contribution in [2.75, 3.05) is 12.4 Å². The maximum Gasteiger partial charge on any atom is 0.354 e. The first kappa shape index (κ1) is 15.0. The smallest absolute Gasteiger partial charge is 0.354 e. The molecule has 7 heteroatoms. The summed E-state index contributed by atoms with van der Waals surface area (Å²) >= 11 is 1.32. The lowest BCUT2D eigenvalue weighted by molar-refractivity contribution is 0.0594. The average molecular weight is 327 g/mol. The van der Waals surface area contributed by atoms with E-state index in [4.69, 9.17) is 0 Å². The van der Waals surface area contributed by atoms with Crippen molar-refractivity contribution in [1.29, 1.82) is 0 Å². The monoisotopic (exact) mass is 327 g/mol. The molecule has 0 aliphatic rings. The van der Waals surface area contributed by atoms with E-state index in [-0.39, 0.29) is 5.91 Å². The van der Waals surface area contributed by atoms with Crippen molar-refractivity contribution in [3.8, 4) is 11.3 Å². The summed E-state index contributed by atoms with van der Waals surface area (Å²) in [6.07, 6.45) is 1.67. The summed E-state index contributed by atoms with van der Waals surface area (Å²) in [7, 11) is 1.32. The molecule has 3 aromatic rings. The van der Waals surface area contributed by atoms with E-state index in [1.54, 1.807) is 36.5 Å². The summed E-state index contributed by atoms with van der Waals surface area (Å²) in [5.41, 5.74) is 2.34. The maximum absolute atomic E-state index is 12.1. The lowest BCUT2D eigenvalue weighted by atomic mass is 10.2. The van der Waals surface area contributed by atoms with E-state index in [1.165, 1.54) is 18.4 Å². The molecular formula is C16H13N3O3S.